The fourth-order valence-corrected chi connectivity index (χ4v) is 5.53. The van der Waals surface area contributed by atoms with Gasteiger partial charge in [0.15, 0.2) is 23.0 Å². The molecule has 0 amide bonds. The van der Waals surface area contributed by atoms with E-state index in [2.05, 4.69) is 4.98 Å². The number of phenols is 1. The third-order valence-corrected chi connectivity index (χ3v) is 7.36. The lowest BCUT2D eigenvalue weighted by Crippen LogP contribution is -2.36. The van der Waals surface area contributed by atoms with Crippen LogP contribution >= 0.6 is 0 Å². The standard InChI is InChI=1S/C28H25NO9/c1-13-4-5-14(10-29-13)27(31)38-26-17-9-20-19(36-12-37-20)8-16(17)23(24-18(26)11-35-28(24)32)15-6-21(33-2)25(30)22(7-15)34-3/h4-10,18,23-24,26,30H,11-12H2,1-3H3/t18-,23+,24-,26+/m0/s1. The van der Waals surface area contributed by atoms with Crippen LogP contribution in [0.4, 0.5) is 0 Å². The van der Waals surface area contributed by atoms with Gasteiger partial charge >= 0.3 is 11.9 Å². The molecule has 0 unspecified atom stereocenters. The Morgan fingerprint density at radius 1 is 1.00 bits per heavy atom. The van der Waals surface area contributed by atoms with E-state index in [1.54, 1.807) is 30.3 Å². The number of fused-ring (bicyclic) bond motifs is 3. The van der Waals surface area contributed by atoms with E-state index in [4.69, 9.17) is 28.4 Å². The minimum Gasteiger partial charge on any atom is -0.502 e. The molecule has 1 fully saturated rings. The Balaban J connectivity index is 1.51. The summed E-state index contributed by atoms with van der Waals surface area (Å²) in [6.07, 6.45) is 0.675. The molecule has 1 aliphatic carbocycles. The number of rotatable bonds is 5. The lowest BCUT2D eigenvalue weighted by Gasteiger charge is -2.38. The average molecular weight is 520 g/mol. The second-order valence-electron chi connectivity index (χ2n) is 9.42. The van der Waals surface area contributed by atoms with Crippen molar-refractivity contribution in [3.63, 3.8) is 0 Å². The molecule has 3 heterocycles. The second kappa shape index (κ2) is 9.13. The first kappa shape index (κ1) is 23.9. The van der Waals surface area contributed by atoms with Gasteiger partial charge in [0.05, 0.1) is 32.3 Å². The van der Waals surface area contributed by atoms with Crippen LogP contribution in [0.3, 0.4) is 0 Å². The van der Waals surface area contributed by atoms with Crippen LogP contribution in [0.1, 0.15) is 44.8 Å². The number of aryl methyl sites for hydroxylation is 1. The molecule has 1 N–H and O–H groups in total. The number of hydrogen-bond acceptors (Lipinski definition) is 10. The van der Waals surface area contributed by atoms with Gasteiger partial charge in [-0.2, -0.15) is 0 Å². The molecular formula is C28H25NO9. The van der Waals surface area contributed by atoms with Gasteiger partial charge in [0, 0.05) is 29.3 Å². The van der Waals surface area contributed by atoms with Crippen molar-refractivity contribution in [3.8, 4) is 28.7 Å². The molecule has 3 aliphatic rings. The van der Waals surface area contributed by atoms with Gasteiger partial charge < -0.3 is 33.5 Å². The van der Waals surface area contributed by atoms with Gasteiger partial charge in [0.2, 0.25) is 12.5 Å². The van der Waals surface area contributed by atoms with Crippen molar-refractivity contribution in [1.29, 1.82) is 0 Å². The fraction of sp³-hybridized carbons (Fsp3) is 0.321. The Hall–Kier alpha value is -4.47. The first-order valence-electron chi connectivity index (χ1n) is 12.1. The van der Waals surface area contributed by atoms with Gasteiger partial charge in [0.1, 0.15) is 6.10 Å². The molecule has 38 heavy (non-hydrogen) atoms. The SMILES string of the molecule is COc1cc([C@@H]2c3cc4c(cc3[C@@H](OC(=O)c3ccc(C)nc3)[C@H]3COC(=O)[C@H]23)OCO4)cc(OC)c1O. The number of phenolic OH excluding ortho intramolecular Hbond substituents is 1. The molecule has 196 valence electrons. The van der Waals surface area contributed by atoms with Crippen molar-refractivity contribution < 1.29 is 43.1 Å². The van der Waals surface area contributed by atoms with Crippen molar-refractivity contribution in [3.05, 3.63) is 70.5 Å². The van der Waals surface area contributed by atoms with Gasteiger partial charge in [-0.1, -0.05) is 0 Å². The Morgan fingerprint density at radius 3 is 2.32 bits per heavy atom. The largest absolute Gasteiger partial charge is 0.502 e. The van der Waals surface area contributed by atoms with Crippen LogP contribution in [0, 0.1) is 18.8 Å². The minimum absolute atomic E-state index is 0.0537. The van der Waals surface area contributed by atoms with Crippen molar-refractivity contribution in [2.24, 2.45) is 11.8 Å². The molecule has 3 aromatic rings. The van der Waals surface area contributed by atoms with Gasteiger partial charge in [-0.3, -0.25) is 9.78 Å². The molecule has 1 saturated heterocycles. The molecule has 2 aromatic carbocycles. The monoisotopic (exact) mass is 519 g/mol. The maximum atomic E-state index is 13.2. The fourth-order valence-electron chi connectivity index (χ4n) is 5.53. The predicted molar refractivity (Wildman–Crippen MR) is 131 cm³/mol. The van der Waals surface area contributed by atoms with E-state index in [9.17, 15) is 14.7 Å². The number of nitrogens with zero attached hydrogens (tertiary/aromatic N) is 1. The van der Waals surface area contributed by atoms with Gasteiger partial charge in [-0.25, -0.2) is 4.79 Å². The molecule has 2 aliphatic heterocycles. The van der Waals surface area contributed by atoms with Crippen LogP contribution in [0.5, 0.6) is 28.7 Å². The van der Waals surface area contributed by atoms with Crippen LogP contribution in [0.2, 0.25) is 0 Å². The molecule has 6 rings (SSSR count). The maximum Gasteiger partial charge on any atom is 0.340 e. The van der Waals surface area contributed by atoms with Gasteiger partial charge in [0.25, 0.3) is 0 Å². The van der Waals surface area contributed by atoms with Crippen molar-refractivity contribution in [1.82, 2.24) is 4.98 Å². The predicted octanol–water partition coefficient (Wildman–Crippen LogP) is 3.67. The topological polar surface area (TPSA) is 123 Å². The van der Waals surface area contributed by atoms with Crippen LogP contribution in [0.25, 0.3) is 0 Å². The maximum absolute atomic E-state index is 13.2. The van der Waals surface area contributed by atoms with Crippen molar-refractivity contribution in [2.75, 3.05) is 27.6 Å². The van der Waals surface area contributed by atoms with Crippen LogP contribution in [0.15, 0.2) is 42.6 Å². The zero-order valence-corrected chi connectivity index (χ0v) is 20.9. The zero-order chi connectivity index (χ0) is 26.6. The molecular weight excluding hydrogens is 494 g/mol. The van der Waals surface area contributed by atoms with Crippen molar-refractivity contribution in [2.45, 2.75) is 18.9 Å². The summed E-state index contributed by atoms with van der Waals surface area (Å²) in [5.74, 6) is -1.38. The molecule has 0 radical (unpaired) electrons. The second-order valence-corrected chi connectivity index (χ2v) is 9.42. The van der Waals surface area contributed by atoms with Crippen LogP contribution in [-0.4, -0.2) is 49.6 Å². The summed E-state index contributed by atoms with van der Waals surface area (Å²) in [5, 5.41) is 10.5. The first-order valence-corrected chi connectivity index (χ1v) is 12.1. The third kappa shape index (κ3) is 3.75. The van der Waals surface area contributed by atoms with E-state index >= 15 is 0 Å². The summed E-state index contributed by atoms with van der Waals surface area (Å²) >= 11 is 0. The molecule has 0 bridgehead atoms. The number of carbonyl (C=O) groups is 2. The zero-order valence-electron chi connectivity index (χ0n) is 20.9. The van der Waals surface area contributed by atoms with E-state index in [0.717, 1.165) is 5.69 Å². The summed E-state index contributed by atoms with van der Waals surface area (Å²) in [7, 11) is 2.88. The number of ether oxygens (including phenoxy) is 6. The molecule has 10 heteroatoms. The average Bonchev–Trinajstić information content (AvgIpc) is 3.54. The number of hydrogen-bond donors (Lipinski definition) is 1. The molecule has 0 spiro atoms. The highest BCUT2D eigenvalue weighted by Crippen LogP contribution is 2.56. The van der Waals surface area contributed by atoms with E-state index in [1.165, 1.54) is 20.4 Å². The summed E-state index contributed by atoms with van der Waals surface area (Å²) in [5.41, 5.74) is 3.13. The Bertz CT molecular complexity index is 1410. The van der Waals surface area contributed by atoms with Gasteiger partial charge in [-0.15, -0.1) is 0 Å². The number of esters is 2. The lowest BCUT2D eigenvalue weighted by molar-refractivity contribution is -0.141. The number of benzene rings is 2. The quantitative estimate of drug-likeness (QED) is 0.500. The Kier molecular flexibility index (Phi) is 5.74. The summed E-state index contributed by atoms with van der Waals surface area (Å²) in [4.78, 5) is 30.6. The summed E-state index contributed by atoms with van der Waals surface area (Å²) in [6, 6.07) is 10.3. The highest BCUT2D eigenvalue weighted by molar-refractivity contribution is 5.89. The smallest absolute Gasteiger partial charge is 0.340 e. The molecule has 10 nitrogen and oxygen atoms in total. The number of cyclic esters (lactones) is 1. The van der Waals surface area contributed by atoms with E-state index in [1.807, 2.05) is 13.0 Å². The first-order chi connectivity index (χ1) is 18.4. The number of carbonyl (C=O) groups excluding carboxylic acids is 2. The third-order valence-electron chi connectivity index (χ3n) is 7.36. The van der Waals surface area contributed by atoms with Crippen LogP contribution < -0.4 is 18.9 Å². The van der Waals surface area contributed by atoms with E-state index < -0.39 is 35.8 Å². The summed E-state index contributed by atoms with van der Waals surface area (Å²) in [6.45, 7) is 1.96. The molecule has 4 atom stereocenters. The number of methoxy groups -OCH3 is 2. The highest BCUT2D eigenvalue weighted by atomic mass is 16.7. The number of aromatic nitrogens is 1. The van der Waals surface area contributed by atoms with E-state index in [-0.39, 0.29) is 30.6 Å². The Labute approximate surface area is 218 Å². The Morgan fingerprint density at radius 2 is 1.68 bits per heavy atom. The minimum atomic E-state index is -0.790. The van der Waals surface area contributed by atoms with Crippen molar-refractivity contribution >= 4 is 11.9 Å². The summed E-state index contributed by atoms with van der Waals surface area (Å²) < 4.78 is 33.6. The van der Waals surface area contributed by atoms with Crippen LogP contribution in [-0.2, 0) is 14.3 Å². The molecule has 1 aromatic heterocycles. The highest BCUT2D eigenvalue weighted by Gasteiger charge is 2.54. The van der Waals surface area contributed by atoms with E-state index in [0.29, 0.717) is 33.8 Å². The lowest BCUT2D eigenvalue weighted by atomic mass is 9.66. The normalized spacial score (nSPS) is 22.8. The number of aromatic hydroxyl groups is 1. The molecule has 0 saturated carbocycles. The number of pyridine rings is 1. The van der Waals surface area contributed by atoms with Gasteiger partial charge in [-0.05, 0) is 54.4 Å².